The molecule has 1 rings (SSSR count). The van der Waals surface area contributed by atoms with Crippen LogP contribution in [-0.4, -0.2) is 35.6 Å². The standard InChI is InChI=1S/C14H30N2/c1-7-12(8-2)16-10-14(5,6)15-9-13(16)11(3)4/h11-13,15H,7-10H2,1-6H3. The van der Waals surface area contributed by atoms with Crippen molar-refractivity contribution in [2.24, 2.45) is 5.92 Å². The van der Waals surface area contributed by atoms with Gasteiger partial charge in [0.25, 0.3) is 0 Å². The molecule has 1 fully saturated rings. The Morgan fingerprint density at radius 2 is 1.81 bits per heavy atom. The van der Waals surface area contributed by atoms with Gasteiger partial charge in [-0.3, -0.25) is 4.90 Å². The molecule has 2 heteroatoms. The molecule has 0 aromatic heterocycles. The molecule has 1 unspecified atom stereocenters. The summed E-state index contributed by atoms with van der Waals surface area (Å²) in [5.74, 6) is 0.740. The zero-order valence-electron chi connectivity index (χ0n) is 12.0. The molecule has 1 saturated heterocycles. The van der Waals surface area contributed by atoms with Gasteiger partial charge in [-0.1, -0.05) is 27.7 Å². The molecule has 16 heavy (non-hydrogen) atoms. The molecule has 0 amide bonds. The molecule has 1 heterocycles. The van der Waals surface area contributed by atoms with Crippen LogP contribution in [0.5, 0.6) is 0 Å². The van der Waals surface area contributed by atoms with Crippen LogP contribution < -0.4 is 5.32 Å². The first-order valence-electron chi connectivity index (χ1n) is 6.92. The Morgan fingerprint density at radius 1 is 1.25 bits per heavy atom. The highest BCUT2D eigenvalue weighted by Gasteiger charge is 2.36. The van der Waals surface area contributed by atoms with Crippen LogP contribution in [0.3, 0.4) is 0 Å². The Balaban J connectivity index is 2.79. The van der Waals surface area contributed by atoms with Crippen LogP contribution in [0.2, 0.25) is 0 Å². The maximum absolute atomic E-state index is 3.68. The summed E-state index contributed by atoms with van der Waals surface area (Å²) >= 11 is 0. The summed E-state index contributed by atoms with van der Waals surface area (Å²) in [5.41, 5.74) is 0.272. The molecule has 96 valence electrons. The second-order valence-corrected chi connectivity index (χ2v) is 6.22. The van der Waals surface area contributed by atoms with Gasteiger partial charge in [-0.2, -0.15) is 0 Å². The zero-order chi connectivity index (χ0) is 12.3. The van der Waals surface area contributed by atoms with E-state index in [1.54, 1.807) is 0 Å². The predicted octanol–water partition coefficient (Wildman–Crippen LogP) is 2.88. The van der Waals surface area contributed by atoms with Gasteiger partial charge in [0.1, 0.15) is 0 Å². The van der Waals surface area contributed by atoms with Crippen molar-refractivity contribution >= 4 is 0 Å². The zero-order valence-corrected chi connectivity index (χ0v) is 12.0. The highest BCUT2D eigenvalue weighted by atomic mass is 15.3. The van der Waals surface area contributed by atoms with Crippen LogP contribution in [0.25, 0.3) is 0 Å². The molecule has 2 nitrogen and oxygen atoms in total. The van der Waals surface area contributed by atoms with E-state index in [0.717, 1.165) is 18.5 Å². The molecule has 0 aromatic carbocycles. The lowest BCUT2D eigenvalue weighted by molar-refractivity contribution is 0.0286. The number of hydrogen-bond donors (Lipinski definition) is 1. The molecule has 0 spiro atoms. The minimum Gasteiger partial charge on any atom is -0.309 e. The van der Waals surface area contributed by atoms with Gasteiger partial charge in [-0.15, -0.1) is 0 Å². The lowest BCUT2D eigenvalue weighted by Crippen LogP contribution is -2.65. The fourth-order valence-corrected chi connectivity index (χ4v) is 2.90. The van der Waals surface area contributed by atoms with Crippen molar-refractivity contribution in [3.63, 3.8) is 0 Å². The smallest absolute Gasteiger partial charge is 0.0253 e. The maximum Gasteiger partial charge on any atom is 0.0253 e. The van der Waals surface area contributed by atoms with Crippen LogP contribution in [0, 0.1) is 5.92 Å². The second kappa shape index (κ2) is 5.50. The Bertz CT molecular complexity index is 207. The van der Waals surface area contributed by atoms with E-state index < -0.39 is 0 Å². The van der Waals surface area contributed by atoms with Crippen molar-refractivity contribution in [1.82, 2.24) is 10.2 Å². The van der Waals surface area contributed by atoms with Crippen molar-refractivity contribution in [3.05, 3.63) is 0 Å². The van der Waals surface area contributed by atoms with Gasteiger partial charge in [-0.05, 0) is 32.6 Å². The van der Waals surface area contributed by atoms with Gasteiger partial charge in [0.2, 0.25) is 0 Å². The number of rotatable bonds is 4. The fraction of sp³-hybridized carbons (Fsp3) is 1.00. The minimum atomic E-state index is 0.272. The monoisotopic (exact) mass is 226 g/mol. The molecule has 0 bridgehead atoms. The Morgan fingerprint density at radius 3 is 2.25 bits per heavy atom. The largest absolute Gasteiger partial charge is 0.309 e. The first-order chi connectivity index (χ1) is 7.41. The second-order valence-electron chi connectivity index (χ2n) is 6.22. The van der Waals surface area contributed by atoms with Crippen LogP contribution in [0.15, 0.2) is 0 Å². The highest BCUT2D eigenvalue weighted by Crippen LogP contribution is 2.24. The minimum absolute atomic E-state index is 0.272. The number of hydrogen-bond acceptors (Lipinski definition) is 2. The summed E-state index contributed by atoms with van der Waals surface area (Å²) in [6.45, 7) is 16.3. The first kappa shape index (κ1) is 14.0. The molecule has 1 atom stereocenters. The molecule has 0 radical (unpaired) electrons. The van der Waals surface area contributed by atoms with E-state index >= 15 is 0 Å². The maximum atomic E-state index is 3.68. The molecular formula is C14H30N2. The summed E-state index contributed by atoms with van der Waals surface area (Å²) in [6.07, 6.45) is 2.55. The summed E-state index contributed by atoms with van der Waals surface area (Å²) in [7, 11) is 0. The normalized spacial score (nSPS) is 26.6. The van der Waals surface area contributed by atoms with Gasteiger partial charge >= 0.3 is 0 Å². The van der Waals surface area contributed by atoms with E-state index in [9.17, 15) is 0 Å². The molecular weight excluding hydrogens is 196 g/mol. The third-order valence-electron chi connectivity index (χ3n) is 3.97. The van der Waals surface area contributed by atoms with E-state index in [1.807, 2.05) is 0 Å². The van der Waals surface area contributed by atoms with Crippen LogP contribution >= 0.6 is 0 Å². The van der Waals surface area contributed by atoms with E-state index in [4.69, 9.17) is 0 Å². The summed E-state index contributed by atoms with van der Waals surface area (Å²) in [6, 6.07) is 1.46. The van der Waals surface area contributed by atoms with Gasteiger partial charge < -0.3 is 5.32 Å². The van der Waals surface area contributed by atoms with Crippen molar-refractivity contribution in [1.29, 1.82) is 0 Å². The van der Waals surface area contributed by atoms with Crippen molar-refractivity contribution in [2.45, 2.75) is 72.0 Å². The number of nitrogens with zero attached hydrogens (tertiary/aromatic N) is 1. The number of piperazine rings is 1. The molecule has 0 saturated carbocycles. The Kier molecular flexibility index (Phi) is 4.81. The van der Waals surface area contributed by atoms with Gasteiger partial charge in [-0.25, -0.2) is 0 Å². The highest BCUT2D eigenvalue weighted by molar-refractivity contribution is 4.95. The van der Waals surface area contributed by atoms with E-state index in [1.165, 1.54) is 19.4 Å². The van der Waals surface area contributed by atoms with Crippen molar-refractivity contribution in [3.8, 4) is 0 Å². The van der Waals surface area contributed by atoms with Gasteiger partial charge in [0.05, 0.1) is 0 Å². The third kappa shape index (κ3) is 3.21. The molecule has 1 aliphatic rings. The Hall–Kier alpha value is -0.0800. The van der Waals surface area contributed by atoms with Crippen LogP contribution in [0.1, 0.15) is 54.4 Å². The SMILES string of the molecule is CCC(CC)N1CC(C)(C)NCC1C(C)C. The lowest BCUT2D eigenvalue weighted by atomic mass is 9.90. The van der Waals surface area contributed by atoms with E-state index in [0.29, 0.717) is 6.04 Å². The predicted molar refractivity (Wildman–Crippen MR) is 71.8 cm³/mol. The Labute approximate surface area is 102 Å². The average Bonchev–Trinajstić information content (AvgIpc) is 2.17. The van der Waals surface area contributed by atoms with Crippen molar-refractivity contribution < 1.29 is 0 Å². The van der Waals surface area contributed by atoms with Crippen molar-refractivity contribution in [2.75, 3.05) is 13.1 Å². The lowest BCUT2D eigenvalue weighted by Gasteiger charge is -2.49. The molecule has 0 aliphatic carbocycles. The van der Waals surface area contributed by atoms with Gasteiger partial charge in [0.15, 0.2) is 0 Å². The van der Waals surface area contributed by atoms with Crippen LogP contribution in [0.4, 0.5) is 0 Å². The van der Waals surface area contributed by atoms with Gasteiger partial charge in [0, 0.05) is 30.7 Å². The van der Waals surface area contributed by atoms with E-state index in [-0.39, 0.29) is 5.54 Å². The van der Waals surface area contributed by atoms with Crippen LogP contribution in [-0.2, 0) is 0 Å². The molecule has 1 aliphatic heterocycles. The van der Waals surface area contributed by atoms with E-state index in [2.05, 4.69) is 51.8 Å². The third-order valence-corrected chi connectivity index (χ3v) is 3.97. The topological polar surface area (TPSA) is 15.3 Å². The fourth-order valence-electron chi connectivity index (χ4n) is 2.90. The quantitative estimate of drug-likeness (QED) is 0.793. The summed E-state index contributed by atoms with van der Waals surface area (Å²) in [5, 5.41) is 3.68. The molecule has 0 aromatic rings. The summed E-state index contributed by atoms with van der Waals surface area (Å²) in [4.78, 5) is 2.75. The first-order valence-corrected chi connectivity index (χ1v) is 6.92. The average molecular weight is 226 g/mol. The number of nitrogens with one attached hydrogen (secondary N) is 1. The molecule has 1 N–H and O–H groups in total. The summed E-state index contributed by atoms with van der Waals surface area (Å²) < 4.78 is 0.